The van der Waals surface area contributed by atoms with Crippen LogP contribution in [0.5, 0.6) is 0 Å². The molecule has 66 valence electrons. The summed E-state index contributed by atoms with van der Waals surface area (Å²) in [4.78, 5) is 0. The minimum absolute atomic E-state index is 0.479. The van der Waals surface area contributed by atoms with Crippen molar-refractivity contribution >= 4 is 0 Å². The maximum absolute atomic E-state index is 5.63. The summed E-state index contributed by atoms with van der Waals surface area (Å²) < 4.78 is 5.04. The lowest BCUT2D eigenvalue weighted by Crippen LogP contribution is -2.05. The molecule has 0 amide bonds. The van der Waals surface area contributed by atoms with Gasteiger partial charge in [0.2, 0.25) is 0 Å². The van der Waals surface area contributed by atoms with Crippen LogP contribution in [0.1, 0.15) is 20.3 Å². The fourth-order valence-corrected chi connectivity index (χ4v) is 2.14. The highest BCUT2D eigenvalue weighted by Crippen LogP contribution is 2.59. The average molecular weight is 157 g/mol. The zero-order chi connectivity index (χ0) is 8.48. The van der Waals surface area contributed by atoms with Crippen LogP contribution in [0, 0.1) is 17.3 Å². The Kier molecular flexibility index (Phi) is 2.55. The molecule has 0 heterocycles. The Morgan fingerprint density at radius 1 is 1.36 bits per heavy atom. The van der Waals surface area contributed by atoms with Gasteiger partial charge in [-0.25, -0.2) is 0 Å². The van der Waals surface area contributed by atoms with Gasteiger partial charge < -0.3 is 10.5 Å². The molecule has 2 atom stereocenters. The predicted molar refractivity (Wildman–Crippen MR) is 46.3 cm³/mol. The van der Waals surface area contributed by atoms with E-state index in [2.05, 4.69) is 13.8 Å². The summed E-state index contributed by atoms with van der Waals surface area (Å²) in [5.41, 5.74) is 6.11. The van der Waals surface area contributed by atoms with Crippen molar-refractivity contribution in [3.05, 3.63) is 0 Å². The maximum atomic E-state index is 5.63. The SMILES string of the molecule is COCC[C@H]1[C@H](CN)C1(C)C. The second-order valence-electron chi connectivity index (χ2n) is 4.05. The van der Waals surface area contributed by atoms with Crippen LogP contribution in [-0.4, -0.2) is 20.3 Å². The Labute approximate surface area is 69.1 Å². The quantitative estimate of drug-likeness (QED) is 0.666. The summed E-state index contributed by atoms with van der Waals surface area (Å²) in [5.74, 6) is 1.53. The molecular weight excluding hydrogens is 138 g/mol. The Balaban J connectivity index is 2.28. The number of methoxy groups -OCH3 is 1. The molecule has 2 heteroatoms. The number of rotatable bonds is 4. The summed E-state index contributed by atoms with van der Waals surface area (Å²) in [6.07, 6.45) is 1.17. The molecule has 1 aliphatic rings. The molecule has 0 radical (unpaired) electrons. The van der Waals surface area contributed by atoms with E-state index in [1.165, 1.54) is 6.42 Å². The van der Waals surface area contributed by atoms with Crippen molar-refractivity contribution in [3.63, 3.8) is 0 Å². The first-order valence-electron chi connectivity index (χ1n) is 4.33. The minimum Gasteiger partial charge on any atom is -0.385 e. The van der Waals surface area contributed by atoms with Crippen molar-refractivity contribution in [3.8, 4) is 0 Å². The average Bonchev–Trinajstić information content (AvgIpc) is 2.48. The van der Waals surface area contributed by atoms with E-state index >= 15 is 0 Å². The predicted octanol–water partition coefficient (Wildman–Crippen LogP) is 1.25. The molecule has 0 unspecified atom stereocenters. The lowest BCUT2D eigenvalue weighted by atomic mass is 10.1. The molecule has 1 aliphatic carbocycles. The fourth-order valence-electron chi connectivity index (χ4n) is 2.14. The van der Waals surface area contributed by atoms with Gasteiger partial charge in [0, 0.05) is 13.7 Å². The van der Waals surface area contributed by atoms with Crippen LogP contribution in [0.25, 0.3) is 0 Å². The molecule has 2 nitrogen and oxygen atoms in total. The lowest BCUT2D eigenvalue weighted by Gasteiger charge is -2.00. The standard InChI is InChI=1S/C9H19NO/c1-9(2)7(4-5-11-3)8(9)6-10/h7-8H,4-6,10H2,1-3H3/t7-,8-/m0/s1. The van der Waals surface area contributed by atoms with Gasteiger partial charge in [-0.2, -0.15) is 0 Å². The van der Waals surface area contributed by atoms with E-state index in [0.29, 0.717) is 5.41 Å². The van der Waals surface area contributed by atoms with Gasteiger partial charge in [0.15, 0.2) is 0 Å². The first-order chi connectivity index (χ1) is 5.14. The highest BCUT2D eigenvalue weighted by molar-refractivity contribution is 5.04. The van der Waals surface area contributed by atoms with Crippen molar-refractivity contribution in [2.24, 2.45) is 23.0 Å². The molecule has 1 rings (SSSR count). The molecule has 0 aromatic rings. The lowest BCUT2D eigenvalue weighted by molar-refractivity contribution is 0.185. The minimum atomic E-state index is 0.479. The van der Waals surface area contributed by atoms with E-state index in [1.54, 1.807) is 7.11 Å². The van der Waals surface area contributed by atoms with Crippen LogP contribution in [0.15, 0.2) is 0 Å². The van der Waals surface area contributed by atoms with Crippen molar-refractivity contribution in [1.29, 1.82) is 0 Å². The number of hydrogen-bond donors (Lipinski definition) is 1. The second kappa shape index (κ2) is 3.11. The van der Waals surface area contributed by atoms with Gasteiger partial charge >= 0.3 is 0 Å². The molecule has 1 saturated carbocycles. The maximum Gasteiger partial charge on any atom is 0.0465 e. The highest BCUT2D eigenvalue weighted by atomic mass is 16.5. The van der Waals surface area contributed by atoms with E-state index in [4.69, 9.17) is 10.5 Å². The Morgan fingerprint density at radius 2 is 2.00 bits per heavy atom. The van der Waals surface area contributed by atoms with Crippen molar-refractivity contribution in [2.45, 2.75) is 20.3 Å². The third kappa shape index (κ3) is 1.57. The topological polar surface area (TPSA) is 35.2 Å². The molecule has 0 aromatic carbocycles. The van der Waals surface area contributed by atoms with Gasteiger partial charge in [-0.3, -0.25) is 0 Å². The Hall–Kier alpha value is -0.0800. The van der Waals surface area contributed by atoms with Crippen molar-refractivity contribution in [2.75, 3.05) is 20.3 Å². The number of nitrogens with two attached hydrogens (primary N) is 1. The molecule has 11 heavy (non-hydrogen) atoms. The summed E-state index contributed by atoms with van der Waals surface area (Å²) in [7, 11) is 1.76. The molecule has 0 aromatic heterocycles. The smallest absolute Gasteiger partial charge is 0.0465 e. The van der Waals surface area contributed by atoms with E-state index in [0.717, 1.165) is 25.0 Å². The Morgan fingerprint density at radius 3 is 2.36 bits per heavy atom. The van der Waals surface area contributed by atoms with Crippen molar-refractivity contribution < 1.29 is 4.74 Å². The molecule has 0 bridgehead atoms. The van der Waals surface area contributed by atoms with E-state index in [-0.39, 0.29) is 0 Å². The van der Waals surface area contributed by atoms with E-state index in [9.17, 15) is 0 Å². The van der Waals surface area contributed by atoms with Gasteiger partial charge in [0.25, 0.3) is 0 Å². The molecule has 0 saturated heterocycles. The van der Waals surface area contributed by atoms with Crippen LogP contribution in [-0.2, 0) is 4.74 Å². The summed E-state index contributed by atoms with van der Waals surface area (Å²) >= 11 is 0. The number of ether oxygens (including phenoxy) is 1. The molecule has 1 fully saturated rings. The normalized spacial score (nSPS) is 33.8. The van der Waals surface area contributed by atoms with Crippen LogP contribution in [0.4, 0.5) is 0 Å². The zero-order valence-corrected chi connectivity index (χ0v) is 7.76. The Bertz CT molecular complexity index is 134. The van der Waals surface area contributed by atoms with Gasteiger partial charge in [-0.1, -0.05) is 13.8 Å². The molecular formula is C9H19NO. The van der Waals surface area contributed by atoms with Gasteiger partial charge in [0.1, 0.15) is 0 Å². The molecule has 0 aliphatic heterocycles. The monoisotopic (exact) mass is 157 g/mol. The van der Waals surface area contributed by atoms with Gasteiger partial charge in [-0.05, 0) is 30.2 Å². The second-order valence-corrected chi connectivity index (χ2v) is 4.05. The fraction of sp³-hybridized carbons (Fsp3) is 1.00. The van der Waals surface area contributed by atoms with Gasteiger partial charge in [-0.15, -0.1) is 0 Å². The summed E-state index contributed by atoms with van der Waals surface area (Å²) in [6.45, 7) is 6.31. The largest absolute Gasteiger partial charge is 0.385 e. The highest BCUT2D eigenvalue weighted by Gasteiger charge is 2.55. The van der Waals surface area contributed by atoms with Crippen LogP contribution >= 0.6 is 0 Å². The van der Waals surface area contributed by atoms with Crippen molar-refractivity contribution in [1.82, 2.24) is 0 Å². The van der Waals surface area contributed by atoms with E-state index in [1.807, 2.05) is 0 Å². The first kappa shape index (κ1) is 9.01. The summed E-state index contributed by atoms with van der Waals surface area (Å²) in [5, 5.41) is 0. The van der Waals surface area contributed by atoms with Crippen LogP contribution in [0.2, 0.25) is 0 Å². The van der Waals surface area contributed by atoms with Gasteiger partial charge in [0.05, 0.1) is 0 Å². The summed E-state index contributed by atoms with van der Waals surface area (Å²) in [6, 6.07) is 0. The molecule has 2 N–H and O–H groups in total. The van der Waals surface area contributed by atoms with Crippen LogP contribution < -0.4 is 5.73 Å². The first-order valence-corrected chi connectivity index (χ1v) is 4.33. The molecule has 0 spiro atoms. The van der Waals surface area contributed by atoms with Crippen LogP contribution in [0.3, 0.4) is 0 Å². The van der Waals surface area contributed by atoms with E-state index < -0.39 is 0 Å². The third-order valence-corrected chi connectivity index (χ3v) is 3.17. The zero-order valence-electron chi connectivity index (χ0n) is 7.76. The number of hydrogen-bond acceptors (Lipinski definition) is 2. The third-order valence-electron chi connectivity index (χ3n) is 3.17.